The SMILES string of the molecule is CC(C)C(CNC1CCc2cc(Br)ccc2C1)C(C)C. The molecule has 0 saturated carbocycles. The lowest BCUT2D eigenvalue weighted by molar-refractivity contribution is 0.261. The molecule has 20 heavy (non-hydrogen) atoms. The van der Waals surface area contributed by atoms with Crippen LogP contribution in [0.1, 0.15) is 45.2 Å². The number of halogens is 1. The highest BCUT2D eigenvalue weighted by Gasteiger charge is 2.22. The van der Waals surface area contributed by atoms with E-state index in [4.69, 9.17) is 0 Å². The highest BCUT2D eigenvalue weighted by molar-refractivity contribution is 9.10. The molecule has 0 spiro atoms. The van der Waals surface area contributed by atoms with Crippen LogP contribution in [0.5, 0.6) is 0 Å². The minimum Gasteiger partial charge on any atom is -0.313 e. The lowest BCUT2D eigenvalue weighted by atomic mass is 9.84. The Hall–Kier alpha value is -0.340. The van der Waals surface area contributed by atoms with Crippen LogP contribution in [-0.2, 0) is 12.8 Å². The standard InChI is InChI=1S/C18H28BrN/c1-12(2)18(13(3)4)11-20-17-8-6-14-9-16(19)7-5-15(14)10-17/h5,7,9,12-13,17-18,20H,6,8,10-11H2,1-4H3. The molecular formula is C18H28BrN. The van der Waals surface area contributed by atoms with Gasteiger partial charge in [-0.1, -0.05) is 49.7 Å². The van der Waals surface area contributed by atoms with E-state index in [1.165, 1.54) is 34.9 Å². The first kappa shape index (κ1) is 16.0. The fourth-order valence-corrected chi connectivity index (χ4v) is 3.85. The van der Waals surface area contributed by atoms with Crippen LogP contribution in [0.2, 0.25) is 0 Å². The van der Waals surface area contributed by atoms with Gasteiger partial charge in [-0.05, 0) is 66.8 Å². The lowest BCUT2D eigenvalue weighted by Gasteiger charge is -2.30. The minimum atomic E-state index is 0.656. The average molecular weight is 338 g/mol. The van der Waals surface area contributed by atoms with Crippen molar-refractivity contribution in [3.8, 4) is 0 Å². The van der Waals surface area contributed by atoms with E-state index in [0.29, 0.717) is 6.04 Å². The summed E-state index contributed by atoms with van der Waals surface area (Å²) in [6.45, 7) is 10.5. The van der Waals surface area contributed by atoms with Gasteiger partial charge in [0.25, 0.3) is 0 Å². The molecule has 0 bridgehead atoms. The van der Waals surface area contributed by atoms with Crippen molar-refractivity contribution in [2.45, 2.75) is 53.0 Å². The Morgan fingerprint density at radius 1 is 1.15 bits per heavy atom. The van der Waals surface area contributed by atoms with Crippen molar-refractivity contribution in [3.63, 3.8) is 0 Å². The van der Waals surface area contributed by atoms with Gasteiger partial charge in [-0.2, -0.15) is 0 Å². The molecular weight excluding hydrogens is 310 g/mol. The average Bonchev–Trinajstić information content (AvgIpc) is 2.38. The molecule has 2 heteroatoms. The molecule has 1 atom stereocenters. The van der Waals surface area contributed by atoms with Gasteiger partial charge in [0, 0.05) is 10.5 Å². The van der Waals surface area contributed by atoms with Crippen LogP contribution in [0.3, 0.4) is 0 Å². The maximum Gasteiger partial charge on any atom is 0.0178 e. The Bertz CT molecular complexity index is 431. The van der Waals surface area contributed by atoms with Gasteiger partial charge in [0.2, 0.25) is 0 Å². The Labute approximate surface area is 132 Å². The first-order valence-corrected chi connectivity index (χ1v) is 8.77. The molecule has 1 nitrogen and oxygen atoms in total. The molecule has 1 aliphatic rings. The number of benzene rings is 1. The molecule has 1 aliphatic carbocycles. The Kier molecular flexibility index (Phi) is 5.68. The quantitative estimate of drug-likeness (QED) is 0.811. The fraction of sp³-hybridized carbons (Fsp3) is 0.667. The van der Waals surface area contributed by atoms with Crippen LogP contribution in [0, 0.1) is 17.8 Å². The summed E-state index contributed by atoms with van der Waals surface area (Å²) < 4.78 is 1.21. The van der Waals surface area contributed by atoms with E-state index in [2.05, 4.69) is 67.1 Å². The second-order valence-electron chi connectivity index (χ2n) is 6.91. The number of hydrogen-bond acceptors (Lipinski definition) is 1. The van der Waals surface area contributed by atoms with E-state index >= 15 is 0 Å². The molecule has 1 N–H and O–H groups in total. The second kappa shape index (κ2) is 7.09. The van der Waals surface area contributed by atoms with Crippen molar-refractivity contribution in [2.24, 2.45) is 17.8 Å². The lowest BCUT2D eigenvalue weighted by Crippen LogP contribution is -2.39. The zero-order valence-corrected chi connectivity index (χ0v) is 14.8. The van der Waals surface area contributed by atoms with Crippen LogP contribution >= 0.6 is 15.9 Å². The molecule has 1 aromatic rings. The highest BCUT2D eigenvalue weighted by atomic mass is 79.9. The zero-order chi connectivity index (χ0) is 14.7. The van der Waals surface area contributed by atoms with Crippen molar-refractivity contribution in [3.05, 3.63) is 33.8 Å². The van der Waals surface area contributed by atoms with E-state index < -0.39 is 0 Å². The van der Waals surface area contributed by atoms with Gasteiger partial charge in [-0.3, -0.25) is 0 Å². The van der Waals surface area contributed by atoms with Gasteiger partial charge < -0.3 is 5.32 Å². The molecule has 0 amide bonds. The van der Waals surface area contributed by atoms with Crippen LogP contribution < -0.4 is 5.32 Å². The largest absolute Gasteiger partial charge is 0.313 e. The minimum absolute atomic E-state index is 0.656. The Morgan fingerprint density at radius 2 is 1.85 bits per heavy atom. The molecule has 0 aliphatic heterocycles. The van der Waals surface area contributed by atoms with Gasteiger partial charge in [0.05, 0.1) is 0 Å². The normalized spacial score (nSPS) is 18.9. The topological polar surface area (TPSA) is 12.0 Å². The van der Waals surface area contributed by atoms with Crippen LogP contribution in [0.15, 0.2) is 22.7 Å². The van der Waals surface area contributed by atoms with E-state index in [1.807, 2.05) is 0 Å². The number of fused-ring (bicyclic) bond motifs is 1. The summed E-state index contributed by atoms with van der Waals surface area (Å²) in [6, 6.07) is 7.40. The first-order chi connectivity index (χ1) is 9.47. The highest BCUT2D eigenvalue weighted by Crippen LogP contribution is 2.26. The molecule has 2 rings (SSSR count). The summed E-state index contributed by atoms with van der Waals surface area (Å²) in [7, 11) is 0. The molecule has 0 fully saturated rings. The number of hydrogen-bond donors (Lipinski definition) is 1. The van der Waals surface area contributed by atoms with Crippen molar-refractivity contribution < 1.29 is 0 Å². The molecule has 0 saturated heterocycles. The predicted molar refractivity (Wildman–Crippen MR) is 91.1 cm³/mol. The van der Waals surface area contributed by atoms with Crippen LogP contribution in [-0.4, -0.2) is 12.6 Å². The van der Waals surface area contributed by atoms with Gasteiger partial charge in [0.15, 0.2) is 0 Å². The third-order valence-corrected chi connectivity index (χ3v) is 5.24. The van der Waals surface area contributed by atoms with Gasteiger partial charge in [-0.25, -0.2) is 0 Å². The molecule has 112 valence electrons. The molecule has 1 aromatic carbocycles. The summed E-state index contributed by atoms with van der Waals surface area (Å²) in [5, 5.41) is 3.83. The summed E-state index contributed by atoms with van der Waals surface area (Å²) in [5.41, 5.74) is 3.06. The second-order valence-corrected chi connectivity index (χ2v) is 7.83. The summed E-state index contributed by atoms with van der Waals surface area (Å²) in [6.07, 6.45) is 3.67. The van der Waals surface area contributed by atoms with Crippen LogP contribution in [0.25, 0.3) is 0 Å². The smallest absolute Gasteiger partial charge is 0.0178 e. The molecule has 0 radical (unpaired) electrons. The van der Waals surface area contributed by atoms with Crippen molar-refractivity contribution in [1.82, 2.24) is 5.32 Å². The van der Waals surface area contributed by atoms with Gasteiger partial charge in [-0.15, -0.1) is 0 Å². The monoisotopic (exact) mass is 337 g/mol. The van der Waals surface area contributed by atoms with Crippen molar-refractivity contribution in [1.29, 1.82) is 0 Å². The van der Waals surface area contributed by atoms with Gasteiger partial charge >= 0.3 is 0 Å². The van der Waals surface area contributed by atoms with E-state index in [0.717, 1.165) is 24.3 Å². The Balaban J connectivity index is 1.91. The summed E-state index contributed by atoms with van der Waals surface area (Å²) in [5.74, 6) is 2.30. The summed E-state index contributed by atoms with van der Waals surface area (Å²) >= 11 is 3.57. The van der Waals surface area contributed by atoms with Crippen LogP contribution in [0.4, 0.5) is 0 Å². The Morgan fingerprint density at radius 3 is 2.50 bits per heavy atom. The van der Waals surface area contributed by atoms with Crippen molar-refractivity contribution in [2.75, 3.05) is 6.54 Å². The van der Waals surface area contributed by atoms with E-state index in [1.54, 1.807) is 0 Å². The fourth-order valence-electron chi connectivity index (χ4n) is 3.44. The van der Waals surface area contributed by atoms with E-state index in [-0.39, 0.29) is 0 Å². The number of aryl methyl sites for hydroxylation is 1. The van der Waals surface area contributed by atoms with Gasteiger partial charge in [0.1, 0.15) is 0 Å². The first-order valence-electron chi connectivity index (χ1n) is 7.98. The maximum absolute atomic E-state index is 3.83. The third-order valence-electron chi connectivity index (χ3n) is 4.75. The van der Waals surface area contributed by atoms with E-state index in [9.17, 15) is 0 Å². The zero-order valence-electron chi connectivity index (χ0n) is 13.2. The summed E-state index contributed by atoms with van der Waals surface area (Å²) in [4.78, 5) is 0. The molecule has 1 unspecified atom stereocenters. The molecule has 0 aromatic heterocycles. The number of nitrogens with one attached hydrogen (secondary N) is 1. The third kappa shape index (κ3) is 4.08. The van der Waals surface area contributed by atoms with Crippen molar-refractivity contribution >= 4 is 15.9 Å². The maximum atomic E-state index is 3.83. The predicted octanol–water partition coefficient (Wildman–Crippen LogP) is 4.82. The molecule has 0 heterocycles. The number of rotatable bonds is 5.